The molecule has 0 atom stereocenters. The summed E-state index contributed by atoms with van der Waals surface area (Å²) in [5, 5.41) is 13.5. The van der Waals surface area contributed by atoms with Gasteiger partial charge in [0.05, 0.1) is 21.2 Å². The highest BCUT2D eigenvalue weighted by Gasteiger charge is 2.15. The third-order valence-electron chi connectivity index (χ3n) is 3.69. The summed E-state index contributed by atoms with van der Waals surface area (Å²) in [6, 6.07) is 16.6. The zero-order valence-corrected chi connectivity index (χ0v) is 14.8. The molecule has 7 heteroatoms. The molecule has 0 aliphatic heterocycles. The zero-order valence-electron chi connectivity index (χ0n) is 14.0. The third kappa shape index (κ3) is 4.77. The summed E-state index contributed by atoms with van der Waals surface area (Å²) in [5.41, 5.74) is 2.28. The molecule has 0 aliphatic carbocycles. The van der Waals surface area contributed by atoms with Gasteiger partial charge in [0.1, 0.15) is 0 Å². The summed E-state index contributed by atoms with van der Waals surface area (Å²) in [6.07, 6.45) is 5.47. The van der Waals surface area contributed by atoms with Crippen LogP contribution in [0.4, 0.5) is 11.4 Å². The minimum atomic E-state index is -0.565. The number of nitro benzene ring substituents is 1. The Bertz CT molecular complexity index is 1020. The van der Waals surface area contributed by atoms with E-state index < -0.39 is 10.8 Å². The molecule has 3 aromatic rings. The first-order valence-corrected chi connectivity index (χ1v) is 8.35. The predicted octanol–water partition coefficient (Wildman–Crippen LogP) is 5.07. The van der Waals surface area contributed by atoms with Gasteiger partial charge in [0.2, 0.25) is 0 Å². The molecule has 3 rings (SSSR count). The van der Waals surface area contributed by atoms with Crippen LogP contribution in [0.25, 0.3) is 12.2 Å². The molecule has 0 saturated heterocycles. The normalized spacial score (nSPS) is 10.7. The van der Waals surface area contributed by atoms with Crippen LogP contribution in [-0.2, 0) is 0 Å². The Balaban J connectivity index is 1.75. The van der Waals surface area contributed by atoms with Gasteiger partial charge < -0.3 is 5.32 Å². The van der Waals surface area contributed by atoms with Crippen LogP contribution in [0.1, 0.15) is 21.6 Å². The van der Waals surface area contributed by atoms with E-state index in [1.165, 1.54) is 12.1 Å². The lowest BCUT2D eigenvalue weighted by molar-refractivity contribution is -0.384. The van der Waals surface area contributed by atoms with Crippen LogP contribution >= 0.6 is 11.6 Å². The van der Waals surface area contributed by atoms with E-state index in [-0.39, 0.29) is 16.3 Å². The Kier molecular flexibility index (Phi) is 5.58. The molecule has 0 unspecified atom stereocenters. The molecule has 0 bridgehead atoms. The molecule has 1 N–H and O–H groups in total. The number of halogens is 1. The van der Waals surface area contributed by atoms with Crippen LogP contribution < -0.4 is 5.32 Å². The number of rotatable bonds is 5. The predicted molar refractivity (Wildman–Crippen MR) is 106 cm³/mol. The molecule has 0 fully saturated rings. The fourth-order valence-corrected chi connectivity index (χ4v) is 2.64. The lowest BCUT2D eigenvalue weighted by atomic mass is 10.1. The molecule has 2 aromatic carbocycles. The highest BCUT2D eigenvalue weighted by atomic mass is 35.5. The van der Waals surface area contributed by atoms with Gasteiger partial charge in [0.25, 0.3) is 11.6 Å². The van der Waals surface area contributed by atoms with E-state index in [9.17, 15) is 14.9 Å². The van der Waals surface area contributed by atoms with Crippen LogP contribution in [0, 0.1) is 10.1 Å². The first-order valence-electron chi connectivity index (χ1n) is 7.97. The molecule has 0 aliphatic rings. The smallest absolute Gasteiger partial charge is 0.270 e. The van der Waals surface area contributed by atoms with Gasteiger partial charge in [-0.2, -0.15) is 0 Å². The maximum absolute atomic E-state index is 12.4. The van der Waals surface area contributed by atoms with Gasteiger partial charge in [-0.05, 0) is 42.0 Å². The maximum Gasteiger partial charge on any atom is 0.270 e. The van der Waals surface area contributed by atoms with E-state index in [0.29, 0.717) is 5.69 Å². The van der Waals surface area contributed by atoms with E-state index in [1.807, 2.05) is 42.5 Å². The Labute approximate surface area is 160 Å². The summed E-state index contributed by atoms with van der Waals surface area (Å²) >= 11 is 6.00. The number of nitrogens with one attached hydrogen (secondary N) is 1. The molecule has 1 heterocycles. The van der Waals surface area contributed by atoms with Crippen molar-refractivity contribution >= 4 is 41.0 Å². The second kappa shape index (κ2) is 8.25. The van der Waals surface area contributed by atoms with Gasteiger partial charge in [-0.3, -0.25) is 19.9 Å². The number of amides is 1. The van der Waals surface area contributed by atoms with Crippen molar-refractivity contribution in [1.82, 2.24) is 4.98 Å². The van der Waals surface area contributed by atoms with Crippen molar-refractivity contribution in [3.63, 3.8) is 0 Å². The molecular formula is C20H14ClN3O3. The Morgan fingerprint density at radius 2 is 1.93 bits per heavy atom. The van der Waals surface area contributed by atoms with E-state index in [0.717, 1.165) is 17.3 Å². The molecule has 0 radical (unpaired) electrons. The van der Waals surface area contributed by atoms with Gasteiger partial charge in [-0.25, -0.2) is 0 Å². The molecular weight excluding hydrogens is 366 g/mol. The number of anilines is 1. The monoisotopic (exact) mass is 379 g/mol. The summed E-state index contributed by atoms with van der Waals surface area (Å²) in [5.74, 6) is -0.444. The molecule has 0 spiro atoms. The summed E-state index contributed by atoms with van der Waals surface area (Å²) in [7, 11) is 0. The molecule has 6 nitrogen and oxygen atoms in total. The number of benzene rings is 2. The van der Waals surface area contributed by atoms with Crippen molar-refractivity contribution in [3.8, 4) is 0 Å². The number of aromatic nitrogens is 1. The first-order chi connectivity index (χ1) is 13.0. The summed E-state index contributed by atoms with van der Waals surface area (Å²) in [4.78, 5) is 26.8. The fourth-order valence-electron chi connectivity index (χ4n) is 2.38. The van der Waals surface area contributed by atoms with E-state index in [2.05, 4.69) is 10.3 Å². The van der Waals surface area contributed by atoms with Crippen molar-refractivity contribution in [2.75, 3.05) is 5.32 Å². The number of nitro groups is 1. The van der Waals surface area contributed by atoms with Crippen LogP contribution in [0.3, 0.4) is 0 Å². The van der Waals surface area contributed by atoms with Gasteiger partial charge in [0.15, 0.2) is 0 Å². The SMILES string of the molecule is O=C(Nc1cccc(/C=C/c2ccccn2)c1)c1ccc([N+](=O)[O-])cc1Cl. The van der Waals surface area contributed by atoms with Gasteiger partial charge >= 0.3 is 0 Å². The number of pyridine rings is 1. The van der Waals surface area contributed by atoms with Crippen molar-refractivity contribution in [2.24, 2.45) is 0 Å². The minimum Gasteiger partial charge on any atom is -0.322 e. The highest BCUT2D eigenvalue weighted by Crippen LogP contribution is 2.23. The lowest BCUT2D eigenvalue weighted by Gasteiger charge is -2.07. The van der Waals surface area contributed by atoms with Crippen molar-refractivity contribution in [3.05, 3.63) is 98.8 Å². The number of nitrogens with zero attached hydrogens (tertiary/aromatic N) is 2. The number of hydrogen-bond acceptors (Lipinski definition) is 4. The Morgan fingerprint density at radius 1 is 1.07 bits per heavy atom. The number of carbonyl (C=O) groups is 1. The van der Waals surface area contributed by atoms with Crippen LogP contribution in [0.5, 0.6) is 0 Å². The van der Waals surface area contributed by atoms with Gasteiger partial charge in [0, 0.05) is 24.0 Å². The largest absolute Gasteiger partial charge is 0.322 e. The average molecular weight is 380 g/mol. The Morgan fingerprint density at radius 3 is 2.63 bits per heavy atom. The number of non-ortho nitro benzene ring substituents is 1. The summed E-state index contributed by atoms with van der Waals surface area (Å²) < 4.78 is 0. The maximum atomic E-state index is 12.4. The second-order valence-electron chi connectivity index (χ2n) is 5.59. The van der Waals surface area contributed by atoms with Gasteiger partial charge in [-0.1, -0.05) is 35.9 Å². The summed E-state index contributed by atoms with van der Waals surface area (Å²) in [6.45, 7) is 0. The zero-order chi connectivity index (χ0) is 19.2. The molecule has 1 aromatic heterocycles. The Hall–Kier alpha value is -3.51. The van der Waals surface area contributed by atoms with Gasteiger partial charge in [-0.15, -0.1) is 0 Å². The molecule has 0 saturated carbocycles. The molecule has 1 amide bonds. The van der Waals surface area contributed by atoms with E-state index in [1.54, 1.807) is 18.3 Å². The topological polar surface area (TPSA) is 85.1 Å². The van der Waals surface area contributed by atoms with E-state index >= 15 is 0 Å². The number of carbonyl (C=O) groups excluding carboxylic acids is 1. The molecule has 27 heavy (non-hydrogen) atoms. The van der Waals surface area contributed by atoms with Crippen molar-refractivity contribution in [2.45, 2.75) is 0 Å². The fraction of sp³-hybridized carbons (Fsp3) is 0. The van der Waals surface area contributed by atoms with Crippen LogP contribution in [0.15, 0.2) is 66.9 Å². The lowest BCUT2D eigenvalue weighted by Crippen LogP contribution is -2.12. The van der Waals surface area contributed by atoms with Crippen LogP contribution in [-0.4, -0.2) is 15.8 Å². The molecule has 134 valence electrons. The minimum absolute atomic E-state index is 0.0212. The van der Waals surface area contributed by atoms with E-state index in [4.69, 9.17) is 11.6 Å². The van der Waals surface area contributed by atoms with Crippen LogP contribution in [0.2, 0.25) is 5.02 Å². The third-order valence-corrected chi connectivity index (χ3v) is 4.00. The van der Waals surface area contributed by atoms with Crippen molar-refractivity contribution < 1.29 is 9.72 Å². The average Bonchev–Trinajstić information content (AvgIpc) is 2.67. The highest BCUT2D eigenvalue weighted by molar-refractivity contribution is 6.34. The van der Waals surface area contributed by atoms with Crippen molar-refractivity contribution in [1.29, 1.82) is 0 Å². The quantitative estimate of drug-likeness (QED) is 0.495. The second-order valence-corrected chi connectivity index (χ2v) is 6.00. The first kappa shape index (κ1) is 18.3. The standard InChI is InChI=1S/C20H14ClN3O3/c21-19-13-17(24(26)27)9-10-18(19)20(25)23-16-6-3-4-14(12-16)7-8-15-5-1-2-11-22-15/h1-13H,(H,23,25)/b8-7+. The number of hydrogen-bond donors (Lipinski definition) is 1.